The smallest absolute Gasteiger partial charge is 0.220 e. The Kier molecular flexibility index (Phi) is 6.11. The Morgan fingerprint density at radius 2 is 1.90 bits per heavy atom. The number of ether oxygens (including phenoxy) is 1. The van der Waals surface area contributed by atoms with Gasteiger partial charge in [-0.2, -0.15) is 5.10 Å². The van der Waals surface area contributed by atoms with Crippen LogP contribution in [0.3, 0.4) is 0 Å². The molecule has 0 aliphatic carbocycles. The SMILES string of the molecule is Cc1nc2c3ccccc3nn2c(C)c1CCC(=O)NCCCOc1ccc(F)cc1. The van der Waals surface area contributed by atoms with Crippen LogP contribution in [0.4, 0.5) is 4.39 Å². The molecule has 0 spiro atoms. The average molecular weight is 420 g/mol. The summed E-state index contributed by atoms with van der Waals surface area (Å²) >= 11 is 0. The minimum Gasteiger partial charge on any atom is -0.494 e. The molecule has 0 saturated carbocycles. The zero-order chi connectivity index (χ0) is 21.8. The molecule has 0 aliphatic heterocycles. The van der Waals surface area contributed by atoms with Crippen LogP contribution in [0.5, 0.6) is 5.75 Å². The molecule has 0 saturated heterocycles. The van der Waals surface area contributed by atoms with Crippen LogP contribution in [0.1, 0.15) is 29.8 Å². The van der Waals surface area contributed by atoms with E-state index in [1.54, 1.807) is 12.1 Å². The molecule has 31 heavy (non-hydrogen) atoms. The molecule has 0 unspecified atom stereocenters. The predicted octanol–water partition coefficient (Wildman–Crippen LogP) is 4.16. The summed E-state index contributed by atoms with van der Waals surface area (Å²) in [6.07, 6.45) is 1.66. The number of rotatable bonds is 8. The number of fused-ring (bicyclic) bond motifs is 3. The predicted molar refractivity (Wildman–Crippen MR) is 118 cm³/mol. The van der Waals surface area contributed by atoms with E-state index in [1.807, 2.05) is 42.6 Å². The summed E-state index contributed by atoms with van der Waals surface area (Å²) in [4.78, 5) is 17.0. The van der Waals surface area contributed by atoms with Crippen molar-refractivity contribution in [3.63, 3.8) is 0 Å². The fourth-order valence-corrected chi connectivity index (χ4v) is 3.69. The van der Waals surface area contributed by atoms with E-state index in [1.165, 1.54) is 12.1 Å². The van der Waals surface area contributed by atoms with Crippen molar-refractivity contribution in [2.24, 2.45) is 0 Å². The van der Waals surface area contributed by atoms with Crippen LogP contribution in [0.15, 0.2) is 48.5 Å². The van der Waals surface area contributed by atoms with Gasteiger partial charge in [0.1, 0.15) is 11.6 Å². The van der Waals surface area contributed by atoms with E-state index < -0.39 is 0 Å². The van der Waals surface area contributed by atoms with Crippen molar-refractivity contribution in [3.05, 3.63) is 71.3 Å². The van der Waals surface area contributed by atoms with Gasteiger partial charge in [0.2, 0.25) is 5.91 Å². The third-order valence-corrected chi connectivity index (χ3v) is 5.35. The second-order valence-electron chi connectivity index (χ2n) is 7.52. The lowest BCUT2D eigenvalue weighted by Crippen LogP contribution is -2.26. The molecule has 2 heterocycles. The summed E-state index contributed by atoms with van der Waals surface area (Å²) in [5.74, 6) is 0.319. The minimum atomic E-state index is -0.291. The lowest BCUT2D eigenvalue weighted by molar-refractivity contribution is -0.121. The first-order chi connectivity index (χ1) is 15.0. The van der Waals surface area contributed by atoms with E-state index in [2.05, 4.69) is 10.4 Å². The Morgan fingerprint density at radius 3 is 2.71 bits per heavy atom. The van der Waals surface area contributed by atoms with Gasteiger partial charge in [-0.1, -0.05) is 12.1 Å². The third kappa shape index (κ3) is 4.66. The summed E-state index contributed by atoms with van der Waals surface area (Å²) in [5.41, 5.74) is 4.75. The van der Waals surface area contributed by atoms with Crippen LogP contribution >= 0.6 is 0 Å². The van der Waals surface area contributed by atoms with Gasteiger partial charge >= 0.3 is 0 Å². The number of halogens is 1. The van der Waals surface area contributed by atoms with Crippen molar-refractivity contribution in [2.75, 3.05) is 13.2 Å². The molecule has 1 amide bonds. The highest BCUT2D eigenvalue weighted by molar-refractivity contribution is 5.92. The van der Waals surface area contributed by atoms with Crippen molar-refractivity contribution in [3.8, 4) is 5.75 Å². The van der Waals surface area contributed by atoms with Crippen molar-refractivity contribution < 1.29 is 13.9 Å². The number of nitrogens with one attached hydrogen (secondary N) is 1. The number of carbonyl (C=O) groups excluding carboxylic acids is 1. The zero-order valence-corrected chi connectivity index (χ0v) is 17.7. The Hall–Kier alpha value is -3.48. The Morgan fingerprint density at radius 1 is 1.13 bits per heavy atom. The molecule has 0 aliphatic rings. The molecule has 0 atom stereocenters. The standard InChI is InChI=1S/C24H25FN4O2/c1-16-20(17(2)29-24(27-16)21-6-3-4-7-22(21)28-29)12-13-23(30)26-14-5-15-31-19-10-8-18(25)9-11-19/h3-4,6-11H,5,12-15H2,1-2H3,(H,26,30). The Labute approximate surface area is 180 Å². The summed E-state index contributed by atoms with van der Waals surface area (Å²) in [6, 6.07) is 13.9. The number of hydrogen-bond acceptors (Lipinski definition) is 4. The van der Waals surface area contributed by atoms with E-state index >= 15 is 0 Å². The van der Waals surface area contributed by atoms with Crippen molar-refractivity contribution in [1.82, 2.24) is 19.9 Å². The van der Waals surface area contributed by atoms with Gasteiger partial charge in [0.25, 0.3) is 0 Å². The van der Waals surface area contributed by atoms with Gasteiger partial charge in [0.15, 0.2) is 5.65 Å². The first-order valence-corrected chi connectivity index (χ1v) is 10.4. The van der Waals surface area contributed by atoms with Gasteiger partial charge in [-0.15, -0.1) is 0 Å². The van der Waals surface area contributed by atoms with Gasteiger partial charge in [0.05, 0.1) is 12.1 Å². The van der Waals surface area contributed by atoms with Crippen LogP contribution < -0.4 is 10.1 Å². The first-order valence-electron chi connectivity index (χ1n) is 10.4. The van der Waals surface area contributed by atoms with Crippen molar-refractivity contribution >= 4 is 22.5 Å². The van der Waals surface area contributed by atoms with Gasteiger partial charge in [-0.05, 0) is 68.7 Å². The summed E-state index contributed by atoms with van der Waals surface area (Å²) in [7, 11) is 0. The highest BCUT2D eigenvalue weighted by Crippen LogP contribution is 2.22. The number of hydrogen-bond donors (Lipinski definition) is 1. The van der Waals surface area contributed by atoms with Crippen LogP contribution in [-0.4, -0.2) is 33.7 Å². The number of amides is 1. The van der Waals surface area contributed by atoms with Gasteiger partial charge in [0, 0.05) is 29.7 Å². The molecule has 1 N–H and O–H groups in total. The second kappa shape index (κ2) is 9.12. The molecule has 0 radical (unpaired) electrons. The van der Waals surface area contributed by atoms with Crippen LogP contribution in [0.2, 0.25) is 0 Å². The van der Waals surface area contributed by atoms with E-state index in [0.717, 1.165) is 33.5 Å². The molecule has 2 aromatic carbocycles. The first kappa shape index (κ1) is 20.8. The monoisotopic (exact) mass is 420 g/mol. The average Bonchev–Trinajstić information content (AvgIpc) is 3.13. The van der Waals surface area contributed by atoms with E-state index in [0.29, 0.717) is 38.2 Å². The number of carbonyl (C=O) groups is 1. The molecule has 7 heteroatoms. The van der Waals surface area contributed by atoms with Crippen molar-refractivity contribution in [1.29, 1.82) is 0 Å². The number of nitrogens with zero attached hydrogens (tertiary/aromatic N) is 3. The highest BCUT2D eigenvalue weighted by Gasteiger charge is 2.14. The van der Waals surface area contributed by atoms with Gasteiger partial charge in [-0.3, -0.25) is 4.79 Å². The second-order valence-corrected chi connectivity index (χ2v) is 7.52. The maximum Gasteiger partial charge on any atom is 0.220 e. The fraction of sp³-hybridized carbons (Fsp3) is 0.292. The van der Waals surface area contributed by atoms with Gasteiger partial charge < -0.3 is 10.1 Å². The topological polar surface area (TPSA) is 68.5 Å². The molecule has 6 nitrogen and oxygen atoms in total. The van der Waals surface area contributed by atoms with E-state index in [4.69, 9.17) is 9.72 Å². The Bertz CT molecular complexity index is 1220. The van der Waals surface area contributed by atoms with Gasteiger partial charge in [-0.25, -0.2) is 13.9 Å². The van der Waals surface area contributed by atoms with Crippen LogP contribution in [-0.2, 0) is 11.2 Å². The lowest BCUT2D eigenvalue weighted by Gasteiger charge is -2.11. The minimum absolute atomic E-state index is 0.00805. The summed E-state index contributed by atoms with van der Waals surface area (Å²) in [6.45, 7) is 4.99. The van der Waals surface area contributed by atoms with E-state index in [-0.39, 0.29) is 11.7 Å². The molecule has 4 aromatic rings. The van der Waals surface area contributed by atoms with Crippen LogP contribution in [0.25, 0.3) is 16.6 Å². The molecule has 160 valence electrons. The normalized spacial score (nSPS) is 11.2. The number of aromatic nitrogens is 3. The third-order valence-electron chi connectivity index (χ3n) is 5.35. The maximum atomic E-state index is 12.9. The summed E-state index contributed by atoms with van der Waals surface area (Å²) in [5, 5.41) is 8.62. The molecule has 0 fully saturated rings. The highest BCUT2D eigenvalue weighted by atomic mass is 19.1. The number of aryl methyl sites for hydroxylation is 2. The molecule has 2 aromatic heterocycles. The zero-order valence-electron chi connectivity index (χ0n) is 17.7. The number of benzene rings is 2. The van der Waals surface area contributed by atoms with Crippen LogP contribution in [0, 0.1) is 19.7 Å². The van der Waals surface area contributed by atoms with Crippen molar-refractivity contribution in [2.45, 2.75) is 33.1 Å². The maximum absolute atomic E-state index is 12.9. The molecule has 0 bridgehead atoms. The molecular weight excluding hydrogens is 395 g/mol. The Balaban J connectivity index is 1.29. The quantitative estimate of drug-likeness (QED) is 0.435. The molecular formula is C24H25FN4O2. The lowest BCUT2D eigenvalue weighted by atomic mass is 10.1. The largest absolute Gasteiger partial charge is 0.494 e. The molecule has 4 rings (SSSR count). The summed E-state index contributed by atoms with van der Waals surface area (Å²) < 4.78 is 20.3. The van der Waals surface area contributed by atoms with E-state index in [9.17, 15) is 9.18 Å². The fourth-order valence-electron chi connectivity index (χ4n) is 3.69.